The van der Waals surface area contributed by atoms with Gasteiger partial charge in [-0.05, 0) is 25.1 Å². The van der Waals surface area contributed by atoms with E-state index in [2.05, 4.69) is 71.3 Å². The molecule has 0 saturated heterocycles. The van der Waals surface area contributed by atoms with Crippen molar-refractivity contribution in [3.63, 3.8) is 0 Å². The Morgan fingerprint density at radius 1 is 1.14 bits per heavy atom. The number of thiazole rings is 1. The fourth-order valence-corrected chi connectivity index (χ4v) is 4.40. The minimum absolute atomic E-state index is 0.173. The number of hydrogen-bond acceptors (Lipinski definition) is 2. The summed E-state index contributed by atoms with van der Waals surface area (Å²) in [4.78, 5) is 2.25. The molecule has 4 heteroatoms. The van der Waals surface area contributed by atoms with Crippen LogP contribution in [-0.2, 0) is 0 Å². The van der Waals surface area contributed by atoms with Crippen molar-refractivity contribution in [1.82, 2.24) is 0 Å². The van der Waals surface area contributed by atoms with Crippen molar-refractivity contribution in [2.24, 2.45) is 0 Å². The fourth-order valence-electron chi connectivity index (χ4n) is 3.21. The van der Waals surface area contributed by atoms with Crippen LogP contribution in [0.3, 0.4) is 0 Å². The molecule has 1 unspecified atom stereocenters. The highest BCUT2D eigenvalue weighted by molar-refractivity contribution is 7.13. The summed E-state index contributed by atoms with van der Waals surface area (Å²) in [6.45, 7) is 2.17. The molecule has 1 aliphatic rings. The first kappa shape index (κ1) is 13.8. The zero-order valence-corrected chi connectivity index (χ0v) is 14.0. The third-order valence-electron chi connectivity index (χ3n) is 4.23. The number of halogens is 1. The number of hydrogen-bond donors (Lipinski definition) is 0. The summed E-state index contributed by atoms with van der Waals surface area (Å²) >= 11 is 8.07. The summed E-state index contributed by atoms with van der Waals surface area (Å²) < 4.78 is 2.40. The van der Waals surface area contributed by atoms with Crippen LogP contribution < -0.4 is 9.47 Å². The van der Waals surface area contributed by atoms with E-state index in [0.29, 0.717) is 0 Å². The summed E-state index contributed by atoms with van der Waals surface area (Å²) in [6, 6.07) is 17.0. The van der Waals surface area contributed by atoms with E-state index >= 15 is 0 Å². The molecule has 110 valence electrons. The third-order valence-corrected chi connectivity index (χ3v) is 5.60. The molecule has 4 rings (SSSR count). The Balaban J connectivity index is 2.03. The van der Waals surface area contributed by atoms with Gasteiger partial charge in [0.05, 0.1) is 7.05 Å². The first-order valence-corrected chi connectivity index (χ1v) is 8.50. The lowest BCUT2D eigenvalue weighted by Crippen LogP contribution is -2.48. The van der Waals surface area contributed by atoms with Gasteiger partial charge in [0.25, 0.3) is 0 Å². The van der Waals surface area contributed by atoms with Gasteiger partial charge in [0.15, 0.2) is 6.04 Å². The summed E-state index contributed by atoms with van der Waals surface area (Å²) in [7, 11) is 2.12. The Labute approximate surface area is 139 Å². The maximum atomic E-state index is 6.29. The molecule has 1 aliphatic heterocycles. The molecular formula is C18H16ClN2S+. The lowest BCUT2D eigenvalue weighted by molar-refractivity contribution is -0.695. The second-order valence-electron chi connectivity index (χ2n) is 5.61. The van der Waals surface area contributed by atoms with Crippen LogP contribution in [0, 0.1) is 6.92 Å². The predicted octanol–water partition coefficient (Wildman–Crippen LogP) is 4.72. The zero-order chi connectivity index (χ0) is 15.3. The molecule has 0 saturated carbocycles. The molecule has 1 atom stereocenters. The smallest absolute Gasteiger partial charge is 0.220 e. The highest BCUT2D eigenvalue weighted by Gasteiger charge is 2.38. The number of rotatable bonds is 1. The Hall–Kier alpha value is -1.84. The molecule has 2 heterocycles. The third kappa shape index (κ3) is 1.97. The first-order valence-electron chi connectivity index (χ1n) is 7.24. The molecule has 0 radical (unpaired) electrons. The molecule has 2 aromatic carbocycles. The highest BCUT2D eigenvalue weighted by atomic mass is 35.5. The van der Waals surface area contributed by atoms with Gasteiger partial charge < -0.3 is 0 Å². The Kier molecular flexibility index (Phi) is 3.21. The lowest BCUT2D eigenvalue weighted by atomic mass is 9.95. The number of benzene rings is 2. The van der Waals surface area contributed by atoms with Crippen molar-refractivity contribution in [3.8, 4) is 0 Å². The van der Waals surface area contributed by atoms with Gasteiger partial charge in [-0.15, -0.1) is 0 Å². The van der Waals surface area contributed by atoms with Gasteiger partial charge in [-0.3, -0.25) is 0 Å². The molecule has 0 N–H and O–H groups in total. The second-order valence-corrected chi connectivity index (χ2v) is 6.88. The number of nitrogens with zero attached hydrogens (tertiary/aromatic N) is 2. The van der Waals surface area contributed by atoms with Gasteiger partial charge in [-0.1, -0.05) is 53.3 Å². The first-order chi connectivity index (χ1) is 10.7. The molecule has 0 bridgehead atoms. The molecule has 2 nitrogen and oxygen atoms in total. The number of aromatic nitrogens is 1. The van der Waals surface area contributed by atoms with Crippen molar-refractivity contribution >= 4 is 33.8 Å². The van der Waals surface area contributed by atoms with E-state index in [0.717, 1.165) is 5.02 Å². The van der Waals surface area contributed by atoms with E-state index in [1.54, 1.807) is 11.3 Å². The Bertz CT molecular complexity index is 842. The van der Waals surface area contributed by atoms with Crippen molar-refractivity contribution in [2.45, 2.75) is 13.0 Å². The van der Waals surface area contributed by atoms with E-state index in [1.165, 1.54) is 27.6 Å². The van der Waals surface area contributed by atoms with E-state index in [-0.39, 0.29) is 6.04 Å². The van der Waals surface area contributed by atoms with Crippen LogP contribution in [0.4, 0.5) is 10.8 Å². The average molecular weight is 328 g/mol. The minimum Gasteiger partial charge on any atom is -0.220 e. The second kappa shape index (κ2) is 5.11. The number of fused-ring (bicyclic) bond motifs is 2. The van der Waals surface area contributed by atoms with Gasteiger partial charge in [0, 0.05) is 21.5 Å². The number of aryl methyl sites for hydroxylation is 1. The maximum absolute atomic E-state index is 6.29. The predicted molar refractivity (Wildman–Crippen MR) is 92.4 cm³/mol. The van der Waals surface area contributed by atoms with Crippen LogP contribution >= 0.6 is 22.9 Å². The summed E-state index contributed by atoms with van der Waals surface area (Å²) in [5.74, 6) is 0. The summed E-state index contributed by atoms with van der Waals surface area (Å²) in [5.41, 5.74) is 5.03. The monoisotopic (exact) mass is 327 g/mol. The average Bonchev–Trinajstić information content (AvgIpc) is 2.91. The molecule has 0 spiro atoms. The van der Waals surface area contributed by atoms with Crippen molar-refractivity contribution < 1.29 is 4.57 Å². The molecule has 0 fully saturated rings. The van der Waals surface area contributed by atoms with Gasteiger partial charge in [0.1, 0.15) is 11.4 Å². The highest BCUT2D eigenvalue weighted by Crippen LogP contribution is 2.41. The SMILES string of the molecule is Cc1csc2[n+]1C(c1ccccc1)c1cc(Cl)ccc1N2C. The molecular weight excluding hydrogens is 312 g/mol. The standard InChI is InChI=1S/C18H16ClN2S/c1-12-11-22-18-20(2)16-9-8-14(19)10-15(16)17(21(12)18)13-6-4-3-5-7-13/h3-11,17H,1-2H3/q+1. The van der Waals surface area contributed by atoms with E-state index < -0.39 is 0 Å². The normalized spacial score (nSPS) is 16.3. The fraction of sp³-hybridized carbons (Fsp3) is 0.167. The Morgan fingerprint density at radius 3 is 2.68 bits per heavy atom. The van der Waals surface area contributed by atoms with Crippen LogP contribution in [0.25, 0.3) is 0 Å². The lowest BCUT2D eigenvalue weighted by Gasteiger charge is -2.28. The van der Waals surface area contributed by atoms with Crippen molar-refractivity contribution in [2.75, 3.05) is 11.9 Å². The maximum Gasteiger partial charge on any atom is 0.341 e. The zero-order valence-electron chi connectivity index (χ0n) is 12.5. The van der Waals surface area contributed by atoms with Crippen molar-refractivity contribution in [3.05, 3.63) is 75.8 Å². The van der Waals surface area contributed by atoms with Gasteiger partial charge in [0.2, 0.25) is 0 Å². The van der Waals surface area contributed by atoms with Gasteiger partial charge in [-0.25, -0.2) is 9.47 Å². The van der Waals surface area contributed by atoms with Gasteiger partial charge >= 0.3 is 5.13 Å². The molecule has 3 aromatic rings. The Morgan fingerprint density at radius 2 is 1.91 bits per heavy atom. The minimum atomic E-state index is 0.173. The molecule has 22 heavy (non-hydrogen) atoms. The quantitative estimate of drug-likeness (QED) is 0.587. The molecule has 1 aromatic heterocycles. The van der Waals surface area contributed by atoms with Crippen LogP contribution in [-0.4, -0.2) is 7.05 Å². The van der Waals surface area contributed by atoms with E-state index in [9.17, 15) is 0 Å². The number of anilines is 2. The molecule has 0 amide bonds. The van der Waals surface area contributed by atoms with E-state index in [1.807, 2.05) is 6.07 Å². The molecule has 0 aliphatic carbocycles. The van der Waals surface area contributed by atoms with Crippen LogP contribution in [0.5, 0.6) is 0 Å². The topological polar surface area (TPSA) is 7.12 Å². The van der Waals surface area contributed by atoms with Crippen LogP contribution in [0.15, 0.2) is 53.9 Å². The van der Waals surface area contributed by atoms with Crippen molar-refractivity contribution in [1.29, 1.82) is 0 Å². The van der Waals surface area contributed by atoms with E-state index in [4.69, 9.17) is 11.6 Å². The summed E-state index contributed by atoms with van der Waals surface area (Å²) in [5, 5.41) is 4.25. The van der Waals surface area contributed by atoms with Gasteiger partial charge in [-0.2, -0.15) is 0 Å². The largest absolute Gasteiger partial charge is 0.341 e. The summed E-state index contributed by atoms with van der Waals surface area (Å²) in [6.07, 6.45) is 0. The van der Waals surface area contributed by atoms with Crippen LogP contribution in [0.1, 0.15) is 22.9 Å². The van der Waals surface area contributed by atoms with Crippen LogP contribution in [0.2, 0.25) is 5.02 Å².